The van der Waals surface area contributed by atoms with Crippen LogP contribution in [0.25, 0.3) is 43.1 Å². The van der Waals surface area contributed by atoms with Crippen LogP contribution >= 0.6 is 0 Å². The molecule has 4 nitrogen and oxygen atoms in total. The lowest BCUT2D eigenvalue weighted by molar-refractivity contribution is 0.126. The lowest BCUT2D eigenvalue weighted by Gasteiger charge is -2.20. The van der Waals surface area contributed by atoms with Crippen molar-refractivity contribution in [3.8, 4) is 23.0 Å². The smallest absolute Gasteiger partial charge is 0.231 e. The minimum absolute atomic E-state index is 0.0618. The highest BCUT2D eigenvalue weighted by Crippen LogP contribution is 2.44. The Hall–Kier alpha value is -4.44. The Morgan fingerprint density at radius 2 is 0.590 bits per heavy atom. The van der Waals surface area contributed by atoms with E-state index in [2.05, 4.69) is 62.4 Å². The minimum atomic E-state index is 0.0618. The van der Waals surface area contributed by atoms with Gasteiger partial charge in [0.2, 0.25) is 6.79 Å². The maximum absolute atomic E-state index is 6.48. The molecule has 0 saturated carbocycles. The quantitative estimate of drug-likeness (QED) is 0.134. The van der Waals surface area contributed by atoms with E-state index in [-0.39, 0.29) is 6.79 Å². The molecule has 6 rings (SSSR count). The third-order valence-electron chi connectivity index (χ3n) is 6.97. The van der Waals surface area contributed by atoms with E-state index in [9.17, 15) is 0 Å². The van der Waals surface area contributed by atoms with Gasteiger partial charge >= 0.3 is 0 Å². The van der Waals surface area contributed by atoms with Crippen molar-refractivity contribution in [3.05, 3.63) is 97.1 Å². The average Bonchev–Trinajstić information content (AvgIpc) is 2.99. The molecule has 0 unspecified atom stereocenters. The molecular formula is C35H32O4. The van der Waals surface area contributed by atoms with E-state index >= 15 is 0 Å². The van der Waals surface area contributed by atoms with Crippen LogP contribution in [0.4, 0.5) is 0 Å². The highest BCUT2D eigenvalue weighted by molar-refractivity contribution is 6.12. The summed E-state index contributed by atoms with van der Waals surface area (Å²) >= 11 is 0. The minimum Gasteiger partial charge on any atom is -0.492 e. The average molecular weight is 517 g/mol. The van der Waals surface area contributed by atoms with Crippen LogP contribution in [0.15, 0.2) is 97.1 Å². The Morgan fingerprint density at radius 1 is 0.359 bits per heavy atom. The zero-order chi connectivity index (χ0) is 26.6. The van der Waals surface area contributed by atoms with Crippen molar-refractivity contribution in [2.24, 2.45) is 0 Å². The maximum atomic E-state index is 6.48. The first-order chi connectivity index (χ1) is 19.3. The van der Waals surface area contributed by atoms with Crippen LogP contribution in [-0.2, 0) is 0 Å². The second kappa shape index (κ2) is 11.1. The van der Waals surface area contributed by atoms with Crippen LogP contribution in [0, 0.1) is 0 Å². The van der Waals surface area contributed by atoms with Gasteiger partial charge in [0.1, 0.15) is 23.0 Å². The molecule has 0 bridgehead atoms. The number of hydrogen-bond acceptors (Lipinski definition) is 4. The summed E-state index contributed by atoms with van der Waals surface area (Å²) in [5.74, 6) is 3.38. The second-order valence-electron chi connectivity index (χ2n) is 9.60. The first-order valence-corrected chi connectivity index (χ1v) is 13.7. The molecule has 4 heteroatoms. The molecule has 6 aromatic carbocycles. The first-order valence-electron chi connectivity index (χ1n) is 13.7. The second-order valence-corrected chi connectivity index (χ2v) is 9.60. The van der Waals surface area contributed by atoms with Gasteiger partial charge in [-0.05, 0) is 12.8 Å². The fourth-order valence-electron chi connectivity index (χ4n) is 5.27. The van der Waals surface area contributed by atoms with E-state index in [1.807, 2.05) is 48.5 Å². The number of hydrogen-bond donors (Lipinski definition) is 0. The molecule has 0 radical (unpaired) electrons. The Labute approximate surface area is 228 Å². The Balaban J connectivity index is 1.42. The Morgan fingerprint density at radius 3 is 0.821 bits per heavy atom. The van der Waals surface area contributed by atoms with E-state index < -0.39 is 0 Å². The van der Waals surface area contributed by atoms with E-state index in [0.717, 1.165) is 78.9 Å². The predicted molar refractivity (Wildman–Crippen MR) is 161 cm³/mol. The molecule has 0 spiro atoms. The first kappa shape index (κ1) is 24.9. The van der Waals surface area contributed by atoms with Gasteiger partial charge < -0.3 is 18.9 Å². The molecule has 0 N–H and O–H groups in total. The van der Waals surface area contributed by atoms with Crippen molar-refractivity contribution >= 4 is 43.1 Å². The molecule has 39 heavy (non-hydrogen) atoms. The van der Waals surface area contributed by atoms with Crippen LogP contribution in [0.2, 0.25) is 0 Å². The summed E-state index contributed by atoms with van der Waals surface area (Å²) in [6.07, 6.45) is 1.89. The van der Waals surface area contributed by atoms with E-state index in [1.54, 1.807) is 0 Å². The largest absolute Gasteiger partial charge is 0.492 e. The van der Waals surface area contributed by atoms with Crippen LogP contribution in [0.5, 0.6) is 23.0 Å². The summed E-state index contributed by atoms with van der Waals surface area (Å²) in [6.45, 7) is 5.63. The lowest BCUT2D eigenvalue weighted by atomic mass is 10.0. The van der Waals surface area contributed by atoms with Gasteiger partial charge in [-0.2, -0.15) is 0 Å². The van der Waals surface area contributed by atoms with E-state index in [4.69, 9.17) is 18.9 Å². The molecule has 0 aliphatic heterocycles. The third-order valence-corrected chi connectivity index (χ3v) is 6.97. The van der Waals surface area contributed by atoms with E-state index in [0.29, 0.717) is 13.2 Å². The molecule has 6 aromatic rings. The summed E-state index contributed by atoms with van der Waals surface area (Å²) in [6, 6.07) is 33.0. The van der Waals surface area contributed by atoms with Gasteiger partial charge in [-0.25, -0.2) is 0 Å². The fourth-order valence-corrected chi connectivity index (χ4v) is 5.27. The summed E-state index contributed by atoms with van der Waals surface area (Å²) in [4.78, 5) is 0. The Bertz CT molecular complexity index is 1530. The van der Waals surface area contributed by atoms with Crippen molar-refractivity contribution in [1.82, 2.24) is 0 Å². The van der Waals surface area contributed by atoms with Gasteiger partial charge in [0.15, 0.2) is 0 Å². The van der Waals surface area contributed by atoms with Crippen molar-refractivity contribution in [1.29, 1.82) is 0 Å². The number of rotatable bonds is 10. The zero-order valence-corrected chi connectivity index (χ0v) is 22.4. The monoisotopic (exact) mass is 516 g/mol. The van der Waals surface area contributed by atoms with Crippen LogP contribution in [0.1, 0.15) is 26.7 Å². The molecule has 0 aromatic heterocycles. The van der Waals surface area contributed by atoms with Gasteiger partial charge in [-0.1, -0.05) is 111 Å². The van der Waals surface area contributed by atoms with Crippen molar-refractivity contribution in [2.45, 2.75) is 26.7 Å². The topological polar surface area (TPSA) is 36.9 Å². The van der Waals surface area contributed by atoms with Crippen LogP contribution < -0.4 is 18.9 Å². The fraction of sp³-hybridized carbons (Fsp3) is 0.200. The van der Waals surface area contributed by atoms with Gasteiger partial charge in [0.05, 0.1) is 13.2 Å². The number of fused-ring (bicyclic) bond motifs is 4. The predicted octanol–water partition coefficient (Wildman–Crippen LogP) is 9.29. The molecule has 0 aliphatic rings. The van der Waals surface area contributed by atoms with Crippen molar-refractivity contribution in [3.63, 3.8) is 0 Å². The summed E-state index contributed by atoms with van der Waals surface area (Å²) in [5, 5.41) is 8.16. The SMILES string of the molecule is CCCOc1c2ccccc2c(OCOc2c3ccccc3c(OCCC)c3ccccc23)c2ccccc12. The lowest BCUT2D eigenvalue weighted by Crippen LogP contribution is -2.08. The molecule has 0 fully saturated rings. The molecular weight excluding hydrogens is 484 g/mol. The molecule has 0 aliphatic carbocycles. The highest BCUT2D eigenvalue weighted by atomic mass is 16.7. The van der Waals surface area contributed by atoms with Crippen LogP contribution in [0.3, 0.4) is 0 Å². The summed E-state index contributed by atoms with van der Waals surface area (Å²) in [7, 11) is 0. The molecule has 0 atom stereocenters. The Kier molecular flexibility index (Phi) is 7.09. The van der Waals surface area contributed by atoms with Gasteiger partial charge in [-0.3, -0.25) is 0 Å². The van der Waals surface area contributed by atoms with Crippen molar-refractivity contribution in [2.75, 3.05) is 20.0 Å². The van der Waals surface area contributed by atoms with Gasteiger partial charge in [0, 0.05) is 43.1 Å². The zero-order valence-electron chi connectivity index (χ0n) is 22.4. The number of ether oxygens (including phenoxy) is 4. The third kappa shape index (κ3) is 4.57. The summed E-state index contributed by atoms with van der Waals surface area (Å²) < 4.78 is 25.5. The maximum Gasteiger partial charge on any atom is 0.231 e. The molecule has 0 saturated heterocycles. The molecule has 0 heterocycles. The van der Waals surface area contributed by atoms with Gasteiger partial charge in [0.25, 0.3) is 0 Å². The summed E-state index contributed by atoms with van der Waals surface area (Å²) in [5.41, 5.74) is 0. The van der Waals surface area contributed by atoms with E-state index in [1.165, 1.54) is 0 Å². The van der Waals surface area contributed by atoms with Crippen molar-refractivity contribution < 1.29 is 18.9 Å². The van der Waals surface area contributed by atoms with Gasteiger partial charge in [-0.15, -0.1) is 0 Å². The van der Waals surface area contributed by atoms with Crippen LogP contribution in [-0.4, -0.2) is 20.0 Å². The molecule has 196 valence electrons. The molecule has 0 amide bonds. The number of benzene rings is 6. The standard InChI is InChI=1S/C35H32O4/c1-3-21-36-32-24-13-5-9-17-28(24)34(29-18-10-6-14-25(29)32)38-23-39-35-30-19-11-7-15-26(30)33(37-22-4-2)27-16-8-12-20-31(27)35/h5-20H,3-4,21-23H2,1-2H3. The highest BCUT2D eigenvalue weighted by Gasteiger charge is 2.18. The normalized spacial score (nSPS) is 11.3.